The van der Waals surface area contributed by atoms with Crippen molar-refractivity contribution in [3.8, 4) is 0 Å². The van der Waals surface area contributed by atoms with Crippen molar-refractivity contribution in [3.63, 3.8) is 0 Å². The predicted molar refractivity (Wildman–Crippen MR) is 82.4 cm³/mol. The molecule has 2 N–H and O–H groups in total. The zero-order valence-corrected chi connectivity index (χ0v) is 11.6. The van der Waals surface area contributed by atoms with E-state index < -0.39 is 5.91 Å². The highest BCUT2D eigenvalue weighted by molar-refractivity contribution is 7.99. The van der Waals surface area contributed by atoms with Gasteiger partial charge < -0.3 is 10.3 Å². The van der Waals surface area contributed by atoms with Crippen molar-refractivity contribution in [2.24, 2.45) is 0 Å². The first-order valence-corrected chi connectivity index (χ1v) is 7.02. The van der Waals surface area contributed by atoms with E-state index in [4.69, 9.17) is 0 Å². The summed E-state index contributed by atoms with van der Waals surface area (Å²) in [5.74, 6) is 0.331. The maximum atomic E-state index is 12.1. The third kappa shape index (κ3) is 3.39. The molecule has 0 fully saturated rings. The lowest BCUT2D eigenvalue weighted by atomic mass is 10.2. The molecule has 0 aliphatic heterocycles. The minimum atomic E-state index is -0.418. The van der Waals surface area contributed by atoms with Gasteiger partial charge >= 0.3 is 0 Å². The number of aromatic nitrogens is 1. The summed E-state index contributed by atoms with van der Waals surface area (Å²) < 4.78 is 0. The van der Waals surface area contributed by atoms with Gasteiger partial charge in [0.1, 0.15) is 5.56 Å². The molecule has 5 heteroatoms. The van der Waals surface area contributed by atoms with Gasteiger partial charge in [-0.1, -0.05) is 18.2 Å². The number of H-pyrrole nitrogens is 1. The Bertz CT molecular complexity index is 679. The van der Waals surface area contributed by atoms with E-state index in [9.17, 15) is 9.59 Å². The number of aromatic amines is 1. The molecule has 20 heavy (non-hydrogen) atoms. The summed E-state index contributed by atoms with van der Waals surface area (Å²) in [4.78, 5) is 27.4. The van der Waals surface area contributed by atoms with Crippen molar-refractivity contribution < 1.29 is 4.79 Å². The lowest BCUT2D eigenvalue weighted by Crippen LogP contribution is -2.21. The summed E-state index contributed by atoms with van der Waals surface area (Å²) in [6.07, 6.45) is 4.69. The molecule has 0 saturated heterocycles. The highest BCUT2D eigenvalue weighted by Crippen LogP contribution is 2.27. The largest absolute Gasteiger partial charge is 0.367 e. The Labute approximate surface area is 120 Å². The Hall–Kier alpha value is -2.27. The first-order chi connectivity index (χ1) is 9.72. The summed E-state index contributed by atoms with van der Waals surface area (Å²) in [7, 11) is 0. The summed E-state index contributed by atoms with van der Waals surface area (Å²) in [6.45, 7) is 3.67. The van der Waals surface area contributed by atoms with Gasteiger partial charge in [-0.15, -0.1) is 18.3 Å². The molecule has 0 saturated carbocycles. The number of rotatable bonds is 5. The number of amides is 1. The number of hydrogen-bond acceptors (Lipinski definition) is 3. The average Bonchev–Trinajstić information content (AvgIpc) is 2.46. The molecule has 0 unspecified atom stereocenters. The van der Waals surface area contributed by atoms with Crippen LogP contribution in [0.2, 0.25) is 0 Å². The normalized spacial score (nSPS) is 10.0. The summed E-state index contributed by atoms with van der Waals surface area (Å²) in [5.41, 5.74) is 0.473. The quantitative estimate of drug-likeness (QED) is 0.656. The van der Waals surface area contributed by atoms with Crippen LogP contribution in [0.1, 0.15) is 10.4 Å². The van der Waals surface area contributed by atoms with E-state index in [2.05, 4.69) is 16.9 Å². The molecule has 1 aromatic carbocycles. The van der Waals surface area contributed by atoms with E-state index in [1.165, 1.54) is 18.5 Å². The predicted octanol–water partition coefficient (Wildman–Crippen LogP) is 2.91. The maximum Gasteiger partial charge on any atom is 0.261 e. The molecule has 0 radical (unpaired) electrons. The van der Waals surface area contributed by atoms with E-state index in [1.807, 2.05) is 18.2 Å². The van der Waals surface area contributed by atoms with Crippen molar-refractivity contribution in [3.05, 3.63) is 71.2 Å². The molecule has 0 atom stereocenters. The van der Waals surface area contributed by atoms with Gasteiger partial charge in [0.15, 0.2) is 5.43 Å². The van der Waals surface area contributed by atoms with Gasteiger partial charge in [0.2, 0.25) is 0 Å². The van der Waals surface area contributed by atoms with Gasteiger partial charge in [-0.3, -0.25) is 9.59 Å². The number of para-hydroxylation sites is 1. The fourth-order valence-corrected chi connectivity index (χ4v) is 2.37. The maximum absolute atomic E-state index is 12.1. The Morgan fingerprint density at radius 3 is 2.90 bits per heavy atom. The Morgan fingerprint density at radius 1 is 1.35 bits per heavy atom. The zero-order chi connectivity index (χ0) is 14.4. The molecule has 1 amide bonds. The molecule has 1 heterocycles. The van der Waals surface area contributed by atoms with Gasteiger partial charge in [0, 0.05) is 29.1 Å². The summed E-state index contributed by atoms with van der Waals surface area (Å²) in [5, 5.41) is 2.76. The zero-order valence-electron chi connectivity index (χ0n) is 10.8. The third-order valence-corrected chi connectivity index (χ3v) is 3.63. The smallest absolute Gasteiger partial charge is 0.261 e. The number of benzene rings is 1. The average molecular weight is 286 g/mol. The minimum Gasteiger partial charge on any atom is -0.367 e. The Morgan fingerprint density at radius 2 is 2.15 bits per heavy atom. The second kappa shape index (κ2) is 6.77. The topological polar surface area (TPSA) is 62.0 Å². The fourth-order valence-electron chi connectivity index (χ4n) is 1.63. The molecule has 0 aliphatic carbocycles. The van der Waals surface area contributed by atoms with Crippen LogP contribution in [0.3, 0.4) is 0 Å². The molecule has 0 spiro atoms. The number of anilines is 1. The van der Waals surface area contributed by atoms with Crippen LogP contribution in [-0.4, -0.2) is 16.6 Å². The van der Waals surface area contributed by atoms with Crippen LogP contribution < -0.4 is 10.7 Å². The summed E-state index contributed by atoms with van der Waals surface area (Å²) >= 11 is 1.57. The van der Waals surface area contributed by atoms with Crippen molar-refractivity contribution in [2.75, 3.05) is 11.1 Å². The van der Waals surface area contributed by atoms with Crippen LogP contribution in [0.25, 0.3) is 0 Å². The van der Waals surface area contributed by atoms with Gasteiger partial charge in [0.05, 0.1) is 5.69 Å². The van der Waals surface area contributed by atoms with Gasteiger partial charge in [-0.25, -0.2) is 0 Å². The second-order valence-electron chi connectivity index (χ2n) is 3.97. The van der Waals surface area contributed by atoms with Crippen LogP contribution in [0.4, 0.5) is 5.69 Å². The molecule has 102 valence electrons. The van der Waals surface area contributed by atoms with Crippen molar-refractivity contribution in [2.45, 2.75) is 4.90 Å². The van der Waals surface area contributed by atoms with E-state index in [0.717, 1.165) is 10.6 Å². The lowest BCUT2D eigenvalue weighted by molar-refractivity contribution is 0.102. The molecular weight excluding hydrogens is 272 g/mol. The first kappa shape index (κ1) is 14.1. The number of carbonyl (C=O) groups is 1. The first-order valence-electron chi connectivity index (χ1n) is 6.03. The van der Waals surface area contributed by atoms with Gasteiger partial charge in [-0.2, -0.15) is 0 Å². The van der Waals surface area contributed by atoms with Crippen LogP contribution in [0.15, 0.2) is 65.1 Å². The van der Waals surface area contributed by atoms with Crippen LogP contribution in [0, 0.1) is 0 Å². The number of carbonyl (C=O) groups excluding carboxylic acids is 1. The SMILES string of the molecule is C=CCSc1ccccc1NC(=O)c1c[nH]ccc1=O. The van der Waals surface area contributed by atoms with Crippen molar-refractivity contribution >= 4 is 23.4 Å². The number of nitrogens with one attached hydrogen (secondary N) is 2. The van der Waals surface area contributed by atoms with E-state index in [-0.39, 0.29) is 11.0 Å². The van der Waals surface area contributed by atoms with Gasteiger partial charge in [0.25, 0.3) is 5.91 Å². The highest BCUT2D eigenvalue weighted by Gasteiger charge is 2.11. The Kier molecular flexibility index (Phi) is 4.79. The van der Waals surface area contributed by atoms with Crippen molar-refractivity contribution in [1.29, 1.82) is 0 Å². The standard InChI is InChI=1S/C15H14N2O2S/c1-2-9-20-14-6-4-3-5-12(14)17-15(19)11-10-16-8-7-13(11)18/h2-8,10H,1,9H2,(H,16,18)(H,17,19). The summed E-state index contributed by atoms with van der Waals surface area (Å²) in [6, 6.07) is 8.78. The molecule has 0 bridgehead atoms. The molecule has 4 nitrogen and oxygen atoms in total. The van der Waals surface area contributed by atoms with Crippen LogP contribution >= 0.6 is 11.8 Å². The molecule has 2 rings (SSSR count). The number of thioether (sulfide) groups is 1. The monoisotopic (exact) mass is 286 g/mol. The lowest BCUT2D eigenvalue weighted by Gasteiger charge is -2.09. The van der Waals surface area contributed by atoms with Gasteiger partial charge in [-0.05, 0) is 12.1 Å². The molecular formula is C15H14N2O2S. The minimum absolute atomic E-state index is 0.0935. The van der Waals surface area contributed by atoms with Crippen LogP contribution in [0.5, 0.6) is 0 Å². The van der Waals surface area contributed by atoms with Crippen LogP contribution in [-0.2, 0) is 0 Å². The van der Waals surface area contributed by atoms with E-state index in [1.54, 1.807) is 23.9 Å². The molecule has 0 aliphatic rings. The second-order valence-corrected chi connectivity index (χ2v) is 5.03. The molecule has 2 aromatic rings. The number of hydrogen-bond donors (Lipinski definition) is 2. The Balaban J connectivity index is 2.22. The fraction of sp³-hybridized carbons (Fsp3) is 0.0667. The number of pyridine rings is 1. The molecule has 1 aromatic heterocycles. The van der Waals surface area contributed by atoms with E-state index >= 15 is 0 Å². The van der Waals surface area contributed by atoms with E-state index in [0.29, 0.717) is 5.69 Å². The highest BCUT2D eigenvalue weighted by atomic mass is 32.2. The van der Waals surface area contributed by atoms with Crippen molar-refractivity contribution in [1.82, 2.24) is 4.98 Å². The third-order valence-electron chi connectivity index (χ3n) is 2.56.